The number of rotatable bonds is 6. The molecule has 0 unspecified atom stereocenters. The highest BCUT2D eigenvalue weighted by Gasteiger charge is 2.10. The molecule has 0 saturated heterocycles. The Hall–Kier alpha value is -2.06. The van der Waals surface area contributed by atoms with E-state index in [1.807, 2.05) is 0 Å². The summed E-state index contributed by atoms with van der Waals surface area (Å²) in [6.45, 7) is 2.78. The summed E-state index contributed by atoms with van der Waals surface area (Å²) >= 11 is 0. The van der Waals surface area contributed by atoms with Gasteiger partial charge in [-0.25, -0.2) is 0 Å². The number of ether oxygens (including phenoxy) is 1. The zero-order valence-corrected chi connectivity index (χ0v) is 10.5. The number of hydrogen-bond acceptors (Lipinski definition) is 4. The molecular weight excluding hydrogens is 232 g/mol. The lowest BCUT2D eigenvalue weighted by atomic mass is 10.1. The lowest BCUT2D eigenvalue weighted by Gasteiger charge is -2.10. The Kier molecular flexibility index (Phi) is 5.68. The number of nitro benzene ring substituents is 1. The molecule has 96 valence electrons. The van der Waals surface area contributed by atoms with E-state index in [1.54, 1.807) is 20.0 Å². The van der Waals surface area contributed by atoms with E-state index < -0.39 is 4.92 Å². The Morgan fingerprint density at radius 3 is 2.89 bits per heavy atom. The van der Waals surface area contributed by atoms with Crippen LogP contribution in [0.4, 0.5) is 5.69 Å². The number of non-ortho nitro benzene ring substituents is 1. The van der Waals surface area contributed by atoms with Crippen molar-refractivity contribution >= 4 is 5.69 Å². The fraction of sp³-hybridized carbons (Fsp3) is 0.385. The second kappa shape index (κ2) is 7.30. The van der Waals surface area contributed by atoms with Crippen LogP contribution in [0.1, 0.15) is 18.9 Å². The van der Waals surface area contributed by atoms with Crippen LogP contribution in [0.15, 0.2) is 18.2 Å². The molecular formula is C13H16N2O3. The van der Waals surface area contributed by atoms with Gasteiger partial charge in [0.2, 0.25) is 0 Å². The zero-order chi connectivity index (χ0) is 13.4. The fourth-order valence-electron chi connectivity index (χ4n) is 1.49. The summed E-state index contributed by atoms with van der Waals surface area (Å²) in [5.41, 5.74) is 0.845. The summed E-state index contributed by atoms with van der Waals surface area (Å²) in [4.78, 5) is 10.3. The molecule has 1 aromatic carbocycles. The molecule has 0 radical (unpaired) electrons. The van der Waals surface area contributed by atoms with Crippen molar-refractivity contribution in [2.24, 2.45) is 0 Å². The lowest BCUT2D eigenvalue weighted by molar-refractivity contribution is -0.384. The van der Waals surface area contributed by atoms with Crippen LogP contribution in [0.25, 0.3) is 0 Å². The van der Waals surface area contributed by atoms with E-state index in [4.69, 9.17) is 4.74 Å². The van der Waals surface area contributed by atoms with Gasteiger partial charge in [0.25, 0.3) is 5.69 Å². The molecule has 18 heavy (non-hydrogen) atoms. The van der Waals surface area contributed by atoms with Crippen LogP contribution < -0.4 is 10.1 Å². The van der Waals surface area contributed by atoms with E-state index in [2.05, 4.69) is 17.2 Å². The van der Waals surface area contributed by atoms with Crippen molar-refractivity contribution in [2.75, 3.05) is 13.7 Å². The van der Waals surface area contributed by atoms with Gasteiger partial charge in [0.1, 0.15) is 5.75 Å². The van der Waals surface area contributed by atoms with Crippen molar-refractivity contribution in [1.29, 1.82) is 0 Å². The van der Waals surface area contributed by atoms with Crippen LogP contribution in [0.2, 0.25) is 0 Å². The third kappa shape index (κ3) is 4.07. The molecule has 0 aromatic heterocycles. The summed E-state index contributed by atoms with van der Waals surface area (Å²) in [6.07, 6.45) is 0.645. The van der Waals surface area contributed by atoms with E-state index in [1.165, 1.54) is 12.1 Å². The normalized spacial score (nSPS) is 9.44. The van der Waals surface area contributed by atoms with E-state index >= 15 is 0 Å². The first-order valence-electron chi connectivity index (χ1n) is 5.63. The highest BCUT2D eigenvalue weighted by molar-refractivity contribution is 5.43. The lowest BCUT2D eigenvalue weighted by Crippen LogP contribution is -2.08. The van der Waals surface area contributed by atoms with Crippen LogP contribution in [0.3, 0.4) is 0 Å². The van der Waals surface area contributed by atoms with E-state index in [0.717, 1.165) is 5.56 Å². The quantitative estimate of drug-likeness (QED) is 0.362. The molecule has 0 saturated carbocycles. The maximum Gasteiger partial charge on any atom is 0.270 e. The second-order valence-corrected chi connectivity index (χ2v) is 3.60. The SMILES string of the molecule is CC#CCCOc1ccc([N+](=O)[O-])cc1CNC. The Labute approximate surface area is 106 Å². The number of hydrogen-bond donors (Lipinski definition) is 1. The first-order chi connectivity index (χ1) is 8.69. The molecule has 0 aliphatic rings. The molecule has 0 amide bonds. The standard InChI is InChI=1S/C13H16N2O3/c1-3-4-5-8-18-13-7-6-12(15(16)17)9-11(13)10-14-2/h6-7,9,14H,5,8,10H2,1-2H3. The van der Waals surface area contributed by atoms with Crippen molar-refractivity contribution in [3.05, 3.63) is 33.9 Å². The second-order valence-electron chi connectivity index (χ2n) is 3.60. The number of nitrogens with one attached hydrogen (secondary N) is 1. The third-order valence-corrected chi connectivity index (χ3v) is 2.28. The number of nitrogens with zero attached hydrogens (tertiary/aromatic N) is 1. The van der Waals surface area contributed by atoms with Gasteiger partial charge in [0.05, 0.1) is 11.5 Å². The summed E-state index contributed by atoms with van der Waals surface area (Å²) in [5, 5.41) is 13.7. The van der Waals surface area contributed by atoms with Gasteiger partial charge in [-0.15, -0.1) is 11.8 Å². The average Bonchev–Trinajstić information content (AvgIpc) is 2.36. The van der Waals surface area contributed by atoms with Gasteiger partial charge in [-0.2, -0.15) is 0 Å². The number of nitro groups is 1. The van der Waals surface area contributed by atoms with Crippen molar-refractivity contribution in [3.63, 3.8) is 0 Å². The Morgan fingerprint density at radius 2 is 2.28 bits per heavy atom. The highest BCUT2D eigenvalue weighted by Crippen LogP contribution is 2.24. The molecule has 5 nitrogen and oxygen atoms in total. The minimum absolute atomic E-state index is 0.0703. The molecule has 0 fully saturated rings. The highest BCUT2D eigenvalue weighted by atomic mass is 16.6. The van der Waals surface area contributed by atoms with Crippen molar-refractivity contribution in [3.8, 4) is 17.6 Å². The van der Waals surface area contributed by atoms with Crippen LogP contribution in [0.5, 0.6) is 5.75 Å². The summed E-state index contributed by atoms with van der Waals surface area (Å²) in [5.74, 6) is 6.35. The molecule has 0 heterocycles. The van der Waals surface area contributed by atoms with Crippen molar-refractivity contribution in [2.45, 2.75) is 19.9 Å². The molecule has 0 spiro atoms. The summed E-state index contributed by atoms with van der Waals surface area (Å²) in [6, 6.07) is 4.60. The Balaban J connectivity index is 2.81. The fourth-order valence-corrected chi connectivity index (χ4v) is 1.49. The van der Waals surface area contributed by atoms with E-state index in [9.17, 15) is 10.1 Å². The molecule has 0 aliphatic carbocycles. The van der Waals surface area contributed by atoms with Crippen molar-refractivity contribution < 1.29 is 9.66 Å². The molecule has 5 heteroatoms. The van der Waals surface area contributed by atoms with E-state index in [-0.39, 0.29) is 5.69 Å². The summed E-state index contributed by atoms with van der Waals surface area (Å²) < 4.78 is 5.56. The van der Waals surface area contributed by atoms with Gasteiger partial charge < -0.3 is 10.1 Å². The topological polar surface area (TPSA) is 64.4 Å². The Bertz CT molecular complexity index is 475. The third-order valence-electron chi connectivity index (χ3n) is 2.28. The molecule has 1 N–H and O–H groups in total. The average molecular weight is 248 g/mol. The first kappa shape index (κ1) is 14.0. The smallest absolute Gasteiger partial charge is 0.270 e. The van der Waals surface area contributed by atoms with E-state index in [0.29, 0.717) is 25.3 Å². The predicted molar refractivity (Wildman–Crippen MR) is 69.4 cm³/mol. The maximum atomic E-state index is 10.7. The van der Waals surface area contributed by atoms with Gasteiger partial charge in [-0.05, 0) is 20.0 Å². The van der Waals surface area contributed by atoms with Gasteiger partial charge in [0, 0.05) is 30.7 Å². The maximum absolute atomic E-state index is 10.7. The minimum atomic E-state index is -0.411. The predicted octanol–water partition coefficient (Wildman–Crippen LogP) is 2.11. The van der Waals surface area contributed by atoms with Crippen LogP contribution >= 0.6 is 0 Å². The molecule has 0 aliphatic heterocycles. The Morgan fingerprint density at radius 1 is 1.50 bits per heavy atom. The van der Waals surface area contributed by atoms with Crippen molar-refractivity contribution in [1.82, 2.24) is 5.32 Å². The molecule has 1 rings (SSSR count). The minimum Gasteiger partial charge on any atom is -0.492 e. The largest absolute Gasteiger partial charge is 0.492 e. The van der Waals surface area contributed by atoms with Crippen LogP contribution in [-0.2, 0) is 6.54 Å². The van der Waals surface area contributed by atoms with Gasteiger partial charge in [0.15, 0.2) is 0 Å². The van der Waals surface area contributed by atoms with Gasteiger partial charge in [-0.1, -0.05) is 0 Å². The molecule has 1 aromatic rings. The van der Waals surface area contributed by atoms with Crippen LogP contribution in [0, 0.1) is 22.0 Å². The first-order valence-corrected chi connectivity index (χ1v) is 5.63. The zero-order valence-electron chi connectivity index (χ0n) is 10.5. The van der Waals surface area contributed by atoms with Gasteiger partial charge >= 0.3 is 0 Å². The number of benzene rings is 1. The monoisotopic (exact) mass is 248 g/mol. The molecule has 0 atom stereocenters. The van der Waals surface area contributed by atoms with Gasteiger partial charge in [-0.3, -0.25) is 10.1 Å². The molecule has 0 bridgehead atoms. The van der Waals surface area contributed by atoms with Crippen LogP contribution in [-0.4, -0.2) is 18.6 Å². The summed E-state index contributed by atoms with van der Waals surface area (Å²) in [7, 11) is 1.78.